The van der Waals surface area contributed by atoms with Crippen molar-refractivity contribution in [2.24, 2.45) is 0 Å². The predicted octanol–water partition coefficient (Wildman–Crippen LogP) is 3.27. The molecule has 5 nitrogen and oxygen atoms in total. The molecule has 8 heteroatoms. The van der Waals surface area contributed by atoms with Crippen molar-refractivity contribution >= 4 is 38.9 Å². The lowest BCUT2D eigenvalue weighted by Crippen LogP contribution is -2.25. The monoisotopic (exact) mass is 368 g/mol. The molecule has 0 bridgehead atoms. The molecule has 0 aliphatic carbocycles. The van der Waals surface area contributed by atoms with Gasteiger partial charge in [0.25, 0.3) is 5.91 Å². The van der Waals surface area contributed by atoms with Crippen LogP contribution in [-0.4, -0.2) is 26.6 Å². The second kappa shape index (κ2) is 6.41. The van der Waals surface area contributed by atoms with Crippen molar-refractivity contribution in [3.63, 3.8) is 0 Å². The van der Waals surface area contributed by atoms with E-state index in [2.05, 4.69) is 5.32 Å². The first-order valence-electron chi connectivity index (χ1n) is 7.24. The number of amides is 1. The van der Waals surface area contributed by atoms with E-state index in [9.17, 15) is 17.6 Å². The lowest BCUT2D eigenvalue weighted by molar-refractivity contribution is 0.102. The molecule has 1 N–H and O–H groups in total. The van der Waals surface area contributed by atoms with Crippen LogP contribution in [0.1, 0.15) is 16.8 Å². The highest BCUT2D eigenvalue weighted by Gasteiger charge is 2.28. The molecule has 1 fully saturated rings. The Hall–Kier alpha value is -2.12. The van der Waals surface area contributed by atoms with Crippen LogP contribution < -0.4 is 9.62 Å². The number of benzene rings is 2. The van der Waals surface area contributed by atoms with E-state index in [0.29, 0.717) is 18.7 Å². The summed E-state index contributed by atoms with van der Waals surface area (Å²) in [6.07, 6.45) is 0.559. The van der Waals surface area contributed by atoms with Gasteiger partial charge >= 0.3 is 0 Å². The Kier molecular flexibility index (Phi) is 4.47. The molecule has 2 aromatic carbocycles. The Bertz CT molecular complexity index is 902. The van der Waals surface area contributed by atoms with Gasteiger partial charge in [-0.1, -0.05) is 17.7 Å². The summed E-state index contributed by atoms with van der Waals surface area (Å²) < 4.78 is 38.3. The molecular formula is C16H14ClFN2O3S. The van der Waals surface area contributed by atoms with Gasteiger partial charge in [0.1, 0.15) is 5.82 Å². The van der Waals surface area contributed by atoms with E-state index in [1.807, 2.05) is 0 Å². The highest BCUT2D eigenvalue weighted by Crippen LogP contribution is 2.26. The standard InChI is InChI=1S/C16H14ClFN2O3S/c17-14-10-12(18)5-6-15(14)19-16(21)11-3-1-4-13(9-11)20-7-2-8-24(20,22)23/h1,3-6,9-10H,2,7-8H2,(H,19,21). The smallest absolute Gasteiger partial charge is 0.255 e. The van der Waals surface area contributed by atoms with Crippen molar-refractivity contribution in [2.75, 3.05) is 21.9 Å². The maximum absolute atomic E-state index is 13.0. The Morgan fingerprint density at radius 2 is 2.00 bits per heavy atom. The summed E-state index contributed by atoms with van der Waals surface area (Å²) in [4.78, 5) is 12.3. The number of anilines is 2. The van der Waals surface area contributed by atoms with Crippen LogP contribution in [0.15, 0.2) is 42.5 Å². The second-order valence-electron chi connectivity index (χ2n) is 5.37. The van der Waals surface area contributed by atoms with Crippen LogP contribution >= 0.6 is 11.6 Å². The average Bonchev–Trinajstić information content (AvgIpc) is 2.89. The predicted molar refractivity (Wildman–Crippen MR) is 91.6 cm³/mol. The summed E-state index contributed by atoms with van der Waals surface area (Å²) in [5.41, 5.74) is 1.02. The summed E-state index contributed by atoms with van der Waals surface area (Å²) in [7, 11) is -3.31. The fourth-order valence-corrected chi connectivity index (χ4v) is 4.29. The lowest BCUT2D eigenvalue weighted by Gasteiger charge is -2.17. The Morgan fingerprint density at radius 1 is 1.21 bits per heavy atom. The number of hydrogen-bond acceptors (Lipinski definition) is 3. The SMILES string of the molecule is O=C(Nc1ccc(F)cc1Cl)c1cccc(N2CCCS2(=O)=O)c1. The minimum Gasteiger partial charge on any atom is -0.321 e. The first-order chi connectivity index (χ1) is 11.4. The van der Waals surface area contributed by atoms with Crippen LogP contribution in [0.25, 0.3) is 0 Å². The van der Waals surface area contributed by atoms with Gasteiger partial charge in [-0.3, -0.25) is 9.10 Å². The number of rotatable bonds is 3. The van der Waals surface area contributed by atoms with E-state index in [0.717, 1.165) is 6.07 Å². The van der Waals surface area contributed by atoms with E-state index in [1.165, 1.54) is 22.5 Å². The summed E-state index contributed by atoms with van der Waals surface area (Å²) in [6, 6.07) is 9.99. The van der Waals surface area contributed by atoms with E-state index in [1.54, 1.807) is 18.2 Å². The fourth-order valence-electron chi connectivity index (χ4n) is 2.52. The second-order valence-corrected chi connectivity index (χ2v) is 7.79. The molecule has 1 aliphatic heterocycles. The van der Waals surface area contributed by atoms with Gasteiger partial charge in [0.15, 0.2) is 0 Å². The van der Waals surface area contributed by atoms with Gasteiger partial charge in [-0.05, 0) is 42.8 Å². The minimum absolute atomic E-state index is 0.0848. The number of halogens is 2. The van der Waals surface area contributed by atoms with E-state index >= 15 is 0 Å². The molecule has 2 aromatic rings. The van der Waals surface area contributed by atoms with Gasteiger partial charge in [0.2, 0.25) is 10.0 Å². The number of sulfonamides is 1. The van der Waals surface area contributed by atoms with Crippen LogP contribution in [0.4, 0.5) is 15.8 Å². The van der Waals surface area contributed by atoms with Crippen molar-refractivity contribution in [2.45, 2.75) is 6.42 Å². The molecule has 0 atom stereocenters. The zero-order valence-electron chi connectivity index (χ0n) is 12.5. The van der Waals surface area contributed by atoms with Gasteiger partial charge in [-0.2, -0.15) is 0 Å². The number of hydrogen-bond donors (Lipinski definition) is 1. The molecule has 0 radical (unpaired) electrons. The molecule has 3 rings (SSSR count). The molecule has 0 spiro atoms. The molecular weight excluding hydrogens is 355 g/mol. The van der Waals surface area contributed by atoms with Crippen LogP contribution in [-0.2, 0) is 10.0 Å². The van der Waals surface area contributed by atoms with Gasteiger partial charge in [-0.25, -0.2) is 12.8 Å². The number of nitrogens with one attached hydrogen (secondary N) is 1. The zero-order valence-corrected chi connectivity index (χ0v) is 14.1. The van der Waals surface area contributed by atoms with Gasteiger partial charge < -0.3 is 5.32 Å². The molecule has 0 unspecified atom stereocenters. The Balaban J connectivity index is 1.84. The first-order valence-corrected chi connectivity index (χ1v) is 9.22. The molecule has 1 amide bonds. The van der Waals surface area contributed by atoms with Gasteiger partial charge in [-0.15, -0.1) is 0 Å². The Morgan fingerprint density at radius 3 is 2.67 bits per heavy atom. The number of carbonyl (C=O) groups is 1. The molecule has 1 saturated heterocycles. The molecule has 0 aromatic heterocycles. The zero-order chi connectivity index (χ0) is 17.3. The Labute approximate surface area is 144 Å². The van der Waals surface area contributed by atoms with Crippen molar-refractivity contribution in [1.29, 1.82) is 0 Å². The van der Waals surface area contributed by atoms with Crippen LogP contribution in [0.2, 0.25) is 5.02 Å². The van der Waals surface area contributed by atoms with Crippen molar-refractivity contribution < 1.29 is 17.6 Å². The molecule has 1 heterocycles. The van der Waals surface area contributed by atoms with Crippen LogP contribution in [0.3, 0.4) is 0 Å². The first kappa shape index (κ1) is 16.7. The highest BCUT2D eigenvalue weighted by molar-refractivity contribution is 7.93. The van der Waals surface area contributed by atoms with Crippen molar-refractivity contribution in [1.82, 2.24) is 0 Å². The lowest BCUT2D eigenvalue weighted by atomic mass is 10.1. The molecule has 24 heavy (non-hydrogen) atoms. The third kappa shape index (κ3) is 3.37. The average molecular weight is 369 g/mol. The maximum Gasteiger partial charge on any atom is 0.255 e. The summed E-state index contributed by atoms with van der Waals surface area (Å²) >= 11 is 5.89. The maximum atomic E-state index is 13.0. The largest absolute Gasteiger partial charge is 0.321 e. The van der Waals surface area contributed by atoms with Gasteiger partial charge in [0, 0.05) is 12.1 Å². The summed E-state index contributed by atoms with van der Waals surface area (Å²) in [6.45, 7) is 0.400. The highest BCUT2D eigenvalue weighted by atomic mass is 35.5. The summed E-state index contributed by atoms with van der Waals surface area (Å²) in [5, 5.41) is 2.67. The topological polar surface area (TPSA) is 66.5 Å². The molecule has 1 aliphatic rings. The van der Waals surface area contributed by atoms with Crippen molar-refractivity contribution in [3.05, 3.63) is 58.9 Å². The van der Waals surface area contributed by atoms with Gasteiger partial charge in [0.05, 0.1) is 22.2 Å². The van der Waals surface area contributed by atoms with E-state index in [4.69, 9.17) is 11.6 Å². The quantitative estimate of drug-likeness (QED) is 0.904. The molecule has 0 saturated carbocycles. The third-order valence-corrected chi connectivity index (χ3v) is 5.86. The molecule has 126 valence electrons. The van der Waals surface area contributed by atoms with Crippen molar-refractivity contribution in [3.8, 4) is 0 Å². The minimum atomic E-state index is -3.31. The van der Waals surface area contributed by atoms with Crippen LogP contribution in [0, 0.1) is 5.82 Å². The third-order valence-electron chi connectivity index (χ3n) is 3.67. The summed E-state index contributed by atoms with van der Waals surface area (Å²) in [5.74, 6) is -0.851. The fraction of sp³-hybridized carbons (Fsp3) is 0.188. The number of carbonyl (C=O) groups excluding carboxylic acids is 1. The normalized spacial score (nSPS) is 16.2. The van der Waals surface area contributed by atoms with E-state index in [-0.39, 0.29) is 22.0 Å². The van der Waals surface area contributed by atoms with Crippen LogP contribution in [0.5, 0.6) is 0 Å². The number of nitrogens with zero attached hydrogens (tertiary/aromatic N) is 1. The van der Waals surface area contributed by atoms with E-state index < -0.39 is 21.7 Å².